The fraction of sp³-hybridized carbons (Fsp3) is 0.267. The van der Waals surface area contributed by atoms with E-state index in [2.05, 4.69) is 4.98 Å². The van der Waals surface area contributed by atoms with Crippen LogP contribution in [0.3, 0.4) is 0 Å². The van der Waals surface area contributed by atoms with E-state index in [4.69, 9.17) is 16.7 Å². The topological polar surface area (TPSA) is 70.5 Å². The van der Waals surface area contributed by atoms with Crippen LogP contribution in [0, 0.1) is 0 Å². The smallest absolute Gasteiger partial charge is 0.323 e. The number of carbonyl (C=O) groups is 2. The molecule has 0 unspecified atom stereocenters. The Labute approximate surface area is 137 Å². The monoisotopic (exact) mass is 338 g/mol. The number of aromatic nitrogens is 1. The van der Waals surface area contributed by atoms with Gasteiger partial charge in [-0.05, 0) is 26.0 Å². The number of rotatable bonds is 5. The Morgan fingerprint density at radius 3 is 2.73 bits per heavy atom. The van der Waals surface area contributed by atoms with Crippen LogP contribution in [0.1, 0.15) is 24.3 Å². The number of carboxylic acid groups (broad SMARTS) is 1. The highest BCUT2D eigenvalue weighted by Crippen LogP contribution is 2.26. The molecule has 1 heterocycles. The number of thiazole rings is 1. The van der Waals surface area contributed by atoms with E-state index in [1.165, 1.54) is 16.2 Å². The van der Waals surface area contributed by atoms with Gasteiger partial charge in [0.15, 0.2) is 0 Å². The van der Waals surface area contributed by atoms with Crippen LogP contribution >= 0.6 is 22.9 Å². The molecule has 0 radical (unpaired) electrons. The molecule has 0 aliphatic carbocycles. The number of carboxylic acids is 1. The fourth-order valence-corrected chi connectivity index (χ4v) is 2.89. The summed E-state index contributed by atoms with van der Waals surface area (Å²) < 4.78 is 0. The molecular formula is C15H15ClN2O3S. The molecule has 0 spiro atoms. The average Bonchev–Trinajstić information content (AvgIpc) is 2.93. The summed E-state index contributed by atoms with van der Waals surface area (Å²) in [6.07, 6.45) is 0. The summed E-state index contributed by atoms with van der Waals surface area (Å²) in [5.74, 6) is -1.44. The first-order valence-corrected chi connectivity index (χ1v) is 7.88. The van der Waals surface area contributed by atoms with E-state index in [0.29, 0.717) is 10.0 Å². The van der Waals surface area contributed by atoms with Gasteiger partial charge >= 0.3 is 5.97 Å². The van der Waals surface area contributed by atoms with Gasteiger partial charge in [-0.25, -0.2) is 4.98 Å². The molecular weight excluding hydrogens is 324 g/mol. The number of carbonyl (C=O) groups excluding carboxylic acids is 1. The molecule has 7 heteroatoms. The van der Waals surface area contributed by atoms with Gasteiger partial charge in [0.05, 0.1) is 0 Å². The van der Waals surface area contributed by atoms with E-state index in [-0.39, 0.29) is 24.2 Å². The number of aliphatic carboxylic acids is 1. The minimum absolute atomic E-state index is 0.222. The highest BCUT2D eigenvalue weighted by atomic mass is 35.5. The lowest BCUT2D eigenvalue weighted by Crippen LogP contribution is -2.40. The summed E-state index contributed by atoms with van der Waals surface area (Å²) in [4.78, 5) is 28.9. The van der Waals surface area contributed by atoms with E-state index < -0.39 is 5.97 Å². The number of nitrogens with zero attached hydrogens (tertiary/aromatic N) is 2. The molecule has 2 aromatic rings. The zero-order valence-electron chi connectivity index (χ0n) is 12.1. The summed E-state index contributed by atoms with van der Waals surface area (Å²) in [6, 6.07) is 6.98. The number of hydrogen-bond donors (Lipinski definition) is 1. The van der Waals surface area contributed by atoms with Gasteiger partial charge in [-0.15, -0.1) is 11.3 Å². The normalized spacial score (nSPS) is 10.7. The molecule has 0 aliphatic heterocycles. The van der Waals surface area contributed by atoms with Crippen molar-refractivity contribution in [2.24, 2.45) is 0 Å². The standard InChI is InChI=1S/C15H15ClN2O3S/c1-9(2)18(7-13(19)20)15(21)12-8-22-14(17-12)10-4-3-5-11(16)6-10/h3-6,8-9H,7H2,1-2H3,(H,19,20). The molecule has 116 valence electrons. The predicted octanol–water partition coefficient (Wildman–Crippen LogP) is 3.40. The molecule has 1 N–H and O–H groups in total. The van der Waals surface area contributed by atoms with E-state index in [1.54, 1.807) is 31.4 Å². The van der Waals surface area contributed by atoms with Gasteiger partial charge in [0.1, 0.15) is 17.2 Å². The molecule has 1 aromatic heterocycles. The summed E-state index contributed by atoms with van der Waals surface area (Å²) in [7, 11) is 0. The third-order valence-corrected chi connectivity index (χ3v) is 4.11. The van der Waals surface area contributed by atoms with Crippen LogP contribution in [0.25, 0.3) is 10.6 Å². The first-order chi connectivity index (χ1) is 10.4. The first kappa shape index (κ1) is 16.5. The van der Waals surface area contributed by atoms with Crippen molar-refractivity contribution in [3.63, 3.8) is 0 Å². The third kappa shape index (κ3) is 3.84. The van der Waals surface area contributed by atoms with Crippen LogP contribution in [-0.4, -0.2) is 39.5 Å². The Bertz CT molecular complexity index is 700. The minimum atomic E-state index is -1.05. The van der Waals surface area contributed by atoms with Crippen molar-refractivity contribution in [2.75, 3.05) is 6.54 Å². The van der Waals surface area contributed by atoms with Crippen LogP contribution in [0.4, 0.5) is 0 Å². The summed E-state index contributed by atoms with van der Waals surface area (Å²) in [5, 5.41) is 11.8. The summed E-state index contributed by atoms with van der Waals surface area (Å²) >= 11 is 7.27. The molecule has 1 aromatic carbocycles. The van der Waals surface area contributed by atoms with Crippen molar-refractivity contribution in [3.8, 4) is 10.6 Å². The maximum absolute atomic E-state index is 12.4. The van der Waals surface area contributed by atoms with Gasteiger partial charge in [-0.2, -0.15) is 0 Å². The molecule has 0 bridgehead atoms. The SMILES string of the molecule is CC(C)N(CC(=O)O)C(=O)c1csc(-c2cccc(Cl)c2)n1. The maximum Gasteiger partial charge on any atom is 0.323 e. The fourth-order valence-electron chi connectivity index (χ4n) is 1.91. The molecule has 0 atom stereocenters. The van der Waals surface area contributed by atoms with Crippen molar-refractivity contribution >= 4 is 34.8 Å². The third-order valence-electron chi connectivity index (χ3n) is 2.98. The molecule has 0 fully saturated rings. The number of benzene rings is 1. The number of halogens is 1. The molecule has 22 heavy (non-hydrogen) atoms. The lowest BCUT2D eigenvalue weighted by molar-refractivity contribution is -0.138. The molecule has 0 aliphatic rings. The second kappa shape index (κ2) is 6.89. The maximum atomic E-state index is 12.4. The highest BCUT2D eigenvalue weighted by Gasteiger charge is 2.23. The molecule has 0 saturated heterocycles. The summed E-state index contributed by atoms with van der Waals surface area (Å²) in [6.45, 7) is 3.19. The molecule has 5 nitrogen and oxygen atoms in total. The van der Waals surface area contributed by atoms with Crippen molar-refractivity contribution < 1.29 is 14.7 Å². The molecule has 1 amide bonds. The minimum Gasteiger partial charge on any atom is -0.480 e. The Kier molecular flexibility index (Phi) is 5.15. The Hall–Kier alpha value is -1.92. The Balaban J connectivity index is 2.26. The average molecular weight is 339 g/mol. The highest BCUT2D eigenvalue weighted by molar-refractivity contribution is 7.13. The van der Waals surface area contributed by atoms with Crippen LogP contribution in [0.5, 0.6) is 0 Å². The lowest BCUT2D eigenvalue weighted by atomic mass is 10.2. The van der Waals surface area contributed by atoms with Gasteiger partial charge in [0, 0.05) is 22.0 Å². The van der Waals surface area contributed by atoms with Crippen molar-refractivity contribution in [2.45, 2.75) is 19.9 Å². The van der Waals surface area contributed by atoms with Crippen molar-refractivity contribution in [3.05, 3.63) is 40.4 Å². The van der Waals surface area contributed by atoms with Crippen molar-refractivity contribution in [1.29, 1.82) is 0 Å². The second-order valence-electron chi connectivity index (χ2n) is 4.97. The number of amides is 1. The van der Waals surface area contributed by atoms with Gasteiger partial charge in [-0.3, -0.25) is 9.59 Å². The van der Waals surface area contributed by atoms with Crippen LogP contribution < -0.4 is 0 Å². The van der Waals surface area contributed by atoms with Gasteiger partial charge in [0.2, 0.25) is 0 Å². The first-order valence-electron chi connectivity index (χ1n) is 6.62. The molecule has 2 rings (SSSR count). The quantitative estimate of drug-likeness (QED) is 0.907. The zero-order valence-corrected chi connectivity index (χ0v) is 13.7. The Morgan fingerprint density at radius 1 is 1.41 bits per heavy atom. The zero-order chi connectivity index (χ0) is 16.3. The van der Waals surface area contributed by atoms with Gasteiger partial charge in [-0.1, -0.05) is 23.7 Å². The predicted molar refractivity (Wildman–Crippen MR) is 86.4 cm³/mol. The van der Waals surface area contributed by atoms with Crippen LogP contribution in [0.2, 0.25) is 5.02 Å². The second-order valence-corrected chi connectivity index (χ2v) is 6.26. The van der Waals surface area contributed by atoms with Crippen LogP contribution in [-0.2, 0) is 4.79 Å². The largest absolute Gasteiger partial charge is 0.480 e. The van der Waals surface area contributed by atoms with Crippen LogP contribution in [0.15, 0.2) is 29.6 Å². The van der Waals surface area contributed by atoms with E-state index in [1.807, 2.05) is 12.1 Å². The van der Waals surface area contributed by atoms with E-state index in [9.17, 15) is 9.59 Å². The molecule has 0 saturated carbocycles. The Morgan fingerprint density at radius 2 is 2.14 bits per heavy atom. The van der Waals surface area contributed by atoms with E-state index in [0.717, 1.165) is 5.56 Å². The van der Waals surface area contributed by atoms with Gasteiger partial charge in [0.25, 0.3) is 5.91 Å². The number of hydrogen-bond acceptors (Lipinski definition) is 4. The lowest BCUT2D eigenvalue weighted by Gasteiger charge is -2.23. The van der Waals surface area contributed by atoms with Crippen molar-refractivity contribution in [1.82, 2.24) is 9.88 Å². The summed E-state index contributed by atoms with van der Waals surface area (Å²) in [5.41, 5.74) is 1.07. The van der Waals surface area contributed by atoms with Gasteiger partial charge < -0.3 is 10.0 Å². The van der Waals surface area contributed by atoms with E-state index >= 15 is 0 Å².